The van der Waals surface area contributed by atoms with Crippen molar-refractivity contribution in [2.45, 2.75) is 44.7 Å². The average Bonchev–Trinajstić information content (AvgIpc) is 3.70. The number of sulfonamides is 1. The van der Waals surface area contributed by atoms with Gasteiger partial charge in [-0.2, -0.15) is 0 Å². The number of nitrogens with zero attached hydrogens (tertiary/aromatic N) is 6. The number of aromatic nitrogens is 1. The Labute approximate surface area is 318 Å². The van der Waals surface area contributed by atoms with Gasteiger partial charge < -0.3 is 19.1 Å². The second-order valence-electron chi connectivity index (χ2n) is 12.7. The third kappa shape index (κ3) is 7.38. The van der Waals surface area contributed by atoms with Crippen LogP contribution in [-0.4, -0.2) is 97.5 Å². The molecule has 0 aliphatic carbocycles. The molecule has 0 saturated carbocycles. The van der Waals surface area contributed by atoms with E-state index in [0.29, 0.717) is 43.9 Å². The van der Waals surface area contributed by atoms with Crippen LogP contribution in [0.5, 0.6) is 5.75 Å². The second-order valence-corrected chi connectivity index (χ2v) is 15.5. The molecule has 0 N–H and O–H groups in total. The van der Waals surface area contributed by atoms with E-state index >= 15 is 4.79 Å². The van der Waals surface area contributed by atoms with Gasteiger partial charge >= 0.3 is 6.03 Å². The van der Waals surface area contributed by atoms with Crippen LogP contribution in [-0.2, 0) is 14.9 Å². The molecule has 0 radical (unpaired) electrons. The second kappa shape index (κ2) is 15.5. The molecule has 0 bridgehead atoms. The van der Waals surface area contributed by atoms with Gasteiger partial charge in [0.2, 0.25) is 0 Å². The molecule has 3 aromatic carbocycles. The lowest BCUT2D eigenvalue weighted by molar-refractivity contribution is -0.0259. The maximum atomic E-state index is 15.1. The molecule has 13 nitrogen and oxygen atoms in total. The molecule has 0 unspecified atom stereocenters. The standard InChI is InChI=1S/C37H40Cl2N6O7S/c1-7-51-30-20-22(2)31(53(48,49)42(5)50-6)21-29(30)35-40-33(25-8-12-27(38)13-9-25)34(26-10-14-28(39)15-11-26)45(35)37(47)44-18-16-43(17-19-44)36(46)32-23(3)41-52-24(32)4/h8-15,20-21,33-34H,7,16-19H2,1-6H3/t33-,34+/m0/s1. The molecule has 1 aromatic heterocycles. The molecule has 16 heteroatoms. The Kier molecular flexibility index (Phi) is 11.2. The first-order valence-corrected chi connectivity index (χ1v) is 19.2. The molecule has 6 rings (SSSR count). The van der Waals surface area contributed by atoms with Crippen molar-refractivity contribution in [1.29, 1.82) is 0 Å². The summed E-state index contributed by atoms with van der Waals surface area (Å²) in [6, 6.07) is 15.8. The average molecular weight is 784 g/mol. The Bertz CT molecular complexity index is 2130. The zero-order valence-corrected chi connectivity index (χ0v) is 32.5. The highest BCUT2D eigenvalue weighted by atomic mass is 35.5. The van der Waals surface area contributed by atoms with E-state index in [0.717, 1.165) is 15.6 Å². The molecule has 4 aromatic rings. The SMILES string of the molecule is CCOc1cc(C)c(S(=O)(=O)N(C)OC)cc1C1=N[C@@H](c2ccc(Cl)cc2)[C@@H](c2ccc(Cl)cc2)N1C(=O)N1CCN(C(=O)c2c(C)noc2C)CC1. The Hall–Kier alpha value is -4.47. The van der Waals surface area contributed by atoms with Gasteiger partial charge in [-0.15, -0.1) is 0 Å². The van der Waals surface area contributed by atoms with Crippen molar-refractivity contribution in [3.63, 3.8) is 0 Å². The quantitative estimate of drug-likeness (QED) is 0.173. The third-order valence-corrected chi connectivity index (χ3v) is 11.8. The molecule has 280 valence electrons. The van der Waals surface area contributed by atoms with E-state index in [1.165, 1.54) is 20.2 Å². The van der Waals surface area contributed by atoms with Crippen LogP contribution < -0.4 is 4.74 Å². The predicted octanol–water partition coefficient (Wildman–Crippen LogP) is 6.61. The van der Waals surface area contributed by atoms with Crippen LogP contribution in [0.25, 0.3) is 0 Å². The molecule has 1 saturated heterocycles. The minimum absolute atomic E-state index is 0.0418. The summed E-state index contributed by atoms with van der Waals surface area (Å²) in [7, 11) is -1.57. The van der Waals surface area contributed by atoms with Gasteiger partial charge in [-0.25, -0.2) is 13.2 Å². The molecule has 2 aliphatic heterocycles. The van der Waals surface area contributed by atoms with Gasteiger partial charge in [0.25, 0.3) is 15.9 Å². The van der Waals surface area contributed by atoms with Crippen LogP contribution in [0.3, 0.4) is 0 Å². The smallest absolute Gasteiger partial charge is 0.326 e. The highest BCUT2D eigenvalue weighted by Gasteiger charge is 2.45. The molecular weight excluding hydrogens is 743 g/mol. The molecule has 3 amide bonds. The number of hydrogen-bond acceptors (Lipinski definition) is 9. The van der Waals surface area contributed by atoms with Gasteiger partial charge in [0.15, 0.2) is 0 Å². The zero-order valence-electron chi connectivity index (χ0n) is 30.2. The Morgan fingerprint density at radius 3 is 2.06 bits per heavy atom. The minimum atomic E-state index is -4.13. The number of aryl methyl sites for hydroxylation is 3. The van der Waals surface area contributed by atoms with Gasteiger partial charge in [0.1, 0.15) is 29.0 Å². The van der Waals surface area contributed by atoms with E-state index in [2.05, 4.69) is 5.16 Å². The first kappa shape index (κ1) is 38.3. The normalized spacial score (nSPS) is 17.8. The summed E-state index contributed by atoms with van der Waals surface area (Å²) in [5, 5.41) is 4.97. The number of piperazine rings is 1. The number of hydrogen-bond donors (Lipinski definition) is 0. The van der Waals surface area contributed by atoms with Crippen molar-refractivity contribution in [2.24, 2.45) is 4.99 Å². The monoisotopic (exact) mass is 782 g/mol. The van der Waals surface area contributed by atoms with Crippen LogP contribution in [0.15, 0.2) is 75.1 Å². The van der Waals surface area contributed by atoms with Gasteiger partial charge in [0, 0.05) is 43.3 Å². The number of benzene rings is 3. The fourth-order valence-corrected chi connectivity index (χ4v) is 8.14. The number of rotatable bonds is 9. The van der Waals surface area contributed by atoms with Crippen molar-refractivity contribution < 1.29 is 32.1 Å². The van der Waals surface area contributed by atoms with E-state index < -0.39 is 22.1 Å². The molecule has 53 heavy (non-hydrogen) atoms. The van der Waals surface area contributed by atoms with Gasteiger partial charge in [-0.05, 0) is 80.8 Å². The molecule has 0 spiro atoms. The van der Waals surface area contributed by atoms with E-state index in [9.17, 15) is 13.2 Å². The topological polar surface area (TPSA) is 138 Å². The number of aliphatic imine (C=N–C) groups is 1. The van der Waals surface area contributed by atoms with Crippen LogP contribution >= 0.6 is 23.2 Å². The maximum absolute atomic E-state index is 15.1. The number of hydroxylamine groups is 1. The number of amidine groups is 1. The maximum Gasteiger partial charge on any atom is 0.326 e. The fourth-order valence-electron chi connectivity index (χ4n) is 6.68. The van der Waals surface area contributed by atoms with Gasteiger partial charge in [-0.3, -0.25) is 19.5 Å². The zero-order chi connectivity index (χ0) is 38.2. The number of ether oxygens (including phenoxy) is 1. The van der Waals surface area contributed by atoms with Crippen molar-refractivity contribution in [3.8, 4) is 5.75 Å². The van der Waals surface area contributed by atoms with Crippen LogP contribution in [0.2, 0.25) is 10.0 Å². The summed E-state index contributed by atoms with van der Waals surface area (Å²) in [5.41, 5.74) is 3.15. The van der Waals surface area contributed by atoms with E-state index in [1.807, 2.05) is 31.2 Å². The summed E-state index contributed by atoms with van der Waals surface area (Å²) in [5.74, 6) is 0.782. The predicted molar refractivity (Wildman–Crippen MR) is 200 cm³/mol. The van der Waals surface area contributed by atoms with Crippen LogP contribution in [0.1, 0.15) is 63.1 Å². The third-order valence-electron chi connectivity index (χ3n) is 9.47. The fraction of sp³-hybridized carbons (Fsp3) is 0.351. The Balaban J connectivity index is 1.48. The Morgan fingerprint density at radius 2 is 1.51 bits per heavy atom. The highest BCUT2D eigenvalue weighted by Crippen LogP contribution is 2.46. The molecular formula is C37H40Cl2N6O7S. The number of amides is 3. The van der Waals surface area contributed by atoms with E-state index in [-0.39, 0.29) is 55.5 Å². The lowest BCUT2D eigenvalue weighted by Crippen LogP contribution is -2.55. The number of urea groups is 1. The lowest BCUT2D eigenvalue weighted by Gasteiger charge is -2.39. The molecule has 1 fully saturated rings. The van der Waals surface area contributed by atoms with Gasteiger partial charge in [0.05, 0.1) is 35.9 Å². The number of carbonyl (C=O) groups is 2. The molecule has 2 atom stereocenters. The summed E-state index contributed by atoms with van der Waals surface area (Å²) >= 11 is 12.6. The summed E-state index contributed by atoms with van der Waals surface area (Å²) in [6.07, 6.45) is 0. The highest BCUT2D eigenvalue weighted by molar-refractivity contribution is 7.89. The van der Waals surface area contributed by atoms with Gasteiger partial charge in [-0.1, -0.05) is 57.1 Å². The summed E-state index contributed by atoms with van der Waals surface area (Å²) in [6.45, 7) is 8.14. The van der Waals surface area contributed by atoms with Crippen molar-refractivity contribution in [1.82, 2.24) is 24.3 Å². The van der Waals surface area contributed by atoms with Crippen molar-refractivity contribution in [2.75, 3.05) is 46.9 Å². The van der Waals surface area contributed by atoms with Crippen LogP contribution in [0.4, 0.5) is 4.79 Å². The van der Waals surface area contributed by atoms with Crippen molar-refractivity contribution in [3.05, 3.63) is 110 Å². The largest absolute Gasteiger partial charge is 0.493 e. The lowest BCUT2D eigenvalue weighted by atomic mass is 9.93. The van der Waals surface area contributed by atoms with Crippen molar-refractivity contribution >= 4 is 51.0 Å². The minimum Gasteiger partial charge on any atom is -0.493 e. The summed E-state index contributed by atoms with van der Waals surface area (Å²) in [4.78, 5) is 43.7. The Morgan fingerprint density at radius 1 is 0.925 bits per heavy atom. The number of carbonyl (C=O) groups excluding carboxylic acids is 2. The van der Waals surface area contributed by atoms with Crippen LogP contribution in [0, 0.1) is 20.8 Å². The van der Waals surface area contributed by atoms with E-state index in [1.54, 1.807) is 65.8 Å². The first-order chi connectivity index (χ1) is 25.3. The molecule has 3 heterocycles. The number of halogens is 2. The molecule has 2 aliphatic rings. The van der Waals surface area contributed by atoms with E-state index in [4.69, 9.17) is 42.3 Å². The summed E-state index contributed by atoms with van der Waals surface area (Å²) < 4.78 is 39.5. The first-order valence-electron chi connectivity index (χ1n) is 17.0.